The third-order valence-corrected chi connectivity index (χ3v) is 3.83. The maximum absolute atomic E-state index is 12.3. The molecule has 0 aliphatic carbocycles. The Morgan fingerprint density at radius 2 is 1.96 bits per heavy atom. The lowest BCUT2D eigenvalue weighted by atomic mass is 10.1. The quantitative estimate of drug-likeness (QED) is 0.617. The van der Waals surface area contributed by atoms with Gasteiger partial charge in [-0.25, -0.2) is 0 Å². The molecule has 0 bridgehead atoms. The van der Waals surface area contributed by atoms with Crippen molar-refractivity contribution in [3.05, 3.63) is 60.2 Å². The highest BCUT2D eigenvalue weighted by Crippen LogP contribution is 2.23. The molecular formula is C19H20N2O5. The third kappa shape index (κ3) is 4.31. The van der Waals surface area contributed by atoms with Gasteiger partial charge in [-0.1, -0.05) is 5.16 Å². The molecule has 7 nitrogen and oxygen atoms in total. The lowest BCUT2D eigenvalue weighted by molar-refractivity contribution is -0.136. The maximum Gasteiger partial charge on any atom is 0.249 e. The molecule has 26 heavy (non-hydrogen) atoms. The van der Waals surface area contributed by atoms with Gasteiger partial charge in [0, 0.05) is 18.7 Å². The van der Waals surface area contributed by atoms with Gasteiger partial charge in [-0.05, 0) is 36.4 Å². The number of benzene rings is 1. The Bertz CT molecular complexity index is 824. The van der Waals surface area contributed by atoms with Crippen LogP contribution in [0, 0.1) is 0 Å². The first kappa shape index (κ1) is 17.8. The highest BCUT2D eigenvalue weighted by Gasteiger charge is 2.18. The van der Waals surface area contributed by atoms with Gasteiger partial charge in [0.2, 0.25) is 5.91 Å². The predicted octanol–water partition coefficient (Wildman–Crippen LogP) is 3.12. The molecule has 0 saturated heterocycles. The molecule has 0 N–H and O–H groups in total. The van der Waals surface area contributed by atoms with Crippen LogP contribution in [-0.2, 0) is 22.6 Å². The average molecular weight is 356 g/mol. The van der Waals surface area contributed by atoms with Gasteiger partial charge in [-0.15, -0.1) is 0 Å². The molecule has 0 atom stereocenters. The van der Waals surface area contributed by atoms with Crippen LogP contribution in [0.1, 0.15) is 11.5 Å². The van der Waals surface area contributed by atoms with Crippen molar-refractivity contribution in [3.8, 4) is 17.1 Å². The number of ether oxygens (including phenoxy) is 2. The Labute approximate surface area is 151 Å². The van der Waals surface area contributed by atoms with Crippen molar-refractivity contribution in [3.63, 3.8) is 0 Å². The van der Waals surface area contributed by atoms with Crippen LogP contribution in [0.5, 0.6) is 5.75 Å². The van der Waals surface area contributed by atoms with E-state index in [9.17, 15) is 4.79 Å². The van der Waals surface area contributed by atoms with Gasteiger partial charge >= 0.3 is 0 Å². The molecule has 0 spiro atoms. The fraction of sp³-hybridized carbons (Fsp3) is 0.263. The third-order valence-electron chi connectivity index (χ3n) is 3.83. The molecule has 0 unspecified atom stereocenters. The summed E-state index contributed by atoms with van der Waals surface area (Å²) in [5.74, 6) is 1.93. The summed E-state index contributed by atoms with van der Waals surface area (Å²) in [6.45, 7) is 0.617. The van der Waals surface area contributed by atoms with Crippen molar-refractivity contribution in [2.75, 3.05) is 20.8 Å². The Balaban J connectivity index is 1.74. The fourth-order valence-electron chi connectivity index (χ4n) is 2.51. The lowest BCUT2D eigenvalue weighted by Gasteiger charge is -2.19. The zero-order valence-electron chi connectivity index (χ0n) is 14.7. The Morgan fingerprint density at radius 3 is 2.62 bits per heavy atom. The molecule has 2 heterocycles. The molecule has 1 amide bonds. The smallest absolute Gasteiger partial charge is 0.249 e. The molecular weight excluding hydrogens is 336 g/mol. The molecule has 0 aliphatic rings. The van der Waals surface area contributed by atoms with Crippen molar-refractivity contribution < 1.29 is 23.2 Å². The van der Waals surface area contributed by atoms with E-state index in [0.717, 1.165) is 11.3 Å². The van der Waals surface area contributed by atoms with Crippen molar-refractivity contribution in [1.82, 2.24) is 10.1 Å². The average Bonchev–Trinajstić information content (AvgIpc) is 3.33. The lowest BCUT2D eigenvalue weighted by Crippen LogP contribution is -2.32. The summed E-state index contributed by atoms with van der Waals surface area (Å²) in [6.07, 6.45) is 1.58. The Hall–Kier alpha value is -3.06. The molecule has 0 aliphatic heterocycles. The Kier molecular flexibility index (Phi) is 5.70. The van der Waals surface area contributed by atoms with Gasteiger partial charge in [-0.3, -0.25) is 4.79 Å². The second-order valence-electron chi connectivity index (χ2n) is 5.67. The van der Waals surface area contributed by atoms with Gasteiger partial charge in [0.25, 0.3) is 0 Å². The monoisotopic (exact) mass is 356 g/mol. The van der Waals surface area contributed by atoms with Gasteiger partial charge in [0.1, 0.15) is 23.8 Å². The number of amides is 1. The van der Waals surface area contributed by atoms with Crippen LogP contribution in [0.15, 0.2) is 57.7 Å². The first-order chi connectivity index (χ1) is 12.7. The molecule has 2 aromatic heterocycles. The summed E-state index contributed by atoms with van der Waals surface area (Å²) < 4.78 is 20.9. The Morgan fingerprint density at radius 1 is 1.15 bits per heavy atom. The number of rotatable bonds is 8. The summed E-state index contributed by atoms with van der Waals surface area (Å²) in [4.78, 5) is 13.9. The van der Waals surface area contributed by atoms with Crippen molar-refractivity contribution >= 4 is 5.91 Å². The number of carbonyl (C=O) groups is 1. The van der Waals surface area contributed by atoms with E-state index in [2.05, 4.69) is 5.16 Å². The number of hydrogen-bond donors (Lipinski definition) is 0. The van der Waals surface area contributed by atoms with E-state index >= 15 is 0 Å². The van der Waals surface area contributed by atoms with E-state index in [1.54, 1.807) is 24.3 Å². The van der Waals surface area contributed by atoms with Gasteiger partial charge in [-0.2, -0.15) is 0 Å². The zero-order valence-corrected chi connectivity index (χ0v) is 14.7. The minimum atomic E-state index is -0.155. The second-order valence-corrected chi connectivity index (χ2v) is 5.67. The van der Waals surface area contributed by atoms with E-state index in [4.69, 9.17) is 18.4 Å². The van der Waals surface area contributed by atoms with Crippen LogP contribution in [0.25, 0.3) is 11.3 Å². The van der Waals surface area contributed by atoms with Crippen LogP contribution in [0.4, 0.5) is 0 Å². The highest BCUT2D eigenvalue weighted by molar-refractivity contribution is 5.77. The standard InChI is InChI=1S/C19H20N2O5/c1-23-13-19(22)21(12-17-4-3-9-25-17)11-15-10-18(26-20-15)14-5-7-16(24-2)8-6-14/h3-10H,11-13H2,1-2H3. The molecule has 136 valence electrons. The maximum atomic E-state index is 12.3. The van der Waals surface area contributed by atoms with E-state index < -0.39 is 0 Å². The number of hydrogen-bond acceptors (Lipinski definition) is 6. The van der Waals surface area contributed by atoms with Crippen molar-refractivity contribution in [2.45, 2.75) is 13.1 Å². The van der Waals surface area contributed by atoms with E-state index in [1.807, 2.05) is 36.4 Å². The van der Waals surface area contributed by atoms with Crippen molar-refractivity contribution in [2.24, 2.45) is 0 Å². The topological polar surface area (TPSA) is 77.9 Å². The first-order valence-corrected chi connectivity index (χ1v) is 8.08. The minimum absolute atomic E-state index is 0.0100. The zero-order chi connectivity index (χ0) is 18.4. The number of carbonyl (C=O) groups excluding carboxylic acids is 1. The molecule has 0 saturated carbocycles. The summed E-state index contributed by atoms with van der Waals surface area (Å²) in [7, 11) is 3.10. The van der Waals surface area contributed by atoms with Gasteiger partial charge < -0.3 is 23.3 Å². The van der Waals surface area contributed by atoms with Crippen LogP contribution in [0.2, 0.25) is 0 Å². The van der Waals surface area contributed by atoms with Crippen LogP contribution >= 0.6 is 0 Å². The number of nitrogens with zero attached hydrogens (tertiary/aromatic N) is 2. The molecule has 3 aromatic rings. The van der Waals surface area contributed by atoms with E-state index in [1.165, 1.54) is 7.11 Å². The molecule has 0 radical (unpaired) electrons. The second kappa shape index (κ2) is 8.35. The number of methoxy groups -OCH3 is 2. The summed E-state index contributed by atoms with van der Waals surface area (Å²) in [5.41, 5.74) is 1.53. The van der Waals surface area contributed by atoms with Crippen LogP contribution < -0.4 is 4.74 Å². The first-order valence-electron chi connectivity index (χ1n) is 8.08. The summed E-state index contributed by atoms with van der Waals surface area (Å²) in [6, 6.07) is 12.9. The number of aromatic nitrogens is 1. The van der Waals surface area contributed by atoms with Gasteiger partial charge in [0.15, 0.2) is 5.76 Å². The molecule has 3 rings (SSSR count). The van der Waals surface area contributed by atoms with Crippen LogP contribution in [0.3, 0.4) is 0 Å². The summed E-state index contributed by atoms with van der Waals surface area (Å²) >= 11 is 0. The normalized spacial score (nSPS) is 10.7. The van der Waals surface area contributed by atoms with Gasteiger partial charge in [0.05, 0.1) is 26.5 Å². The molecule has 0 fully saturated rings. The fourth-order valence-corrected chi connectivity index (χ4v) is 2.51. The SMILES string of the molecule is COCC(=O)N(Cc1cc(-c2ccc(OC)cc2)on1)Cc1ccco1. The largest absolute Gasteiger partial charge is 0.497 e. The van der Waals surface area contributed by atoms with E-state index in [0.29, 0.717) is 30.3 Å². The predicted molar refractivity (Wildman–Crippen MR) is 93.3 cm³/mol. The highest BCUT2D eigenvalue weighted by atomic mass is 16.5. The molecule has 1 aromatic carbocycles. The number of furan rings is 1. The minimum Gasteiger partial charge on any atom is -0.497 e. The van der Waals surface area contributed by atoms with Crippen molar-refractivity contribution in [1.29, 1.82) is 0 Å². The van der Waals surface area contributed by atoms with Crippen LogP contribution in [-0.4, -0.2) is 36.8 Å². The van der Waals surface area contributed by atoms with E-state index in [-0.39, 0.29) is 12.5 Å². The summed E-state index contributed by atoms with van der Waals surface area (Å²) in [5, 5.41) is 4.08. The molecule has 7 heteroatoms.